The van der Waals surface area contributed by atoms with Crippen LogP contribution < -0.4 is 4.74 Å². The Morgan fingerprint density at radius 1 is 1.39 bits per heavy atom. The zero-order chi connectivity index (χ0) is 13.7. The lowest BCUT2D eigenvalue weighted by Gasteiger charge is -2.27. The first-order chi connectivity index (χ1) is 8.54. The molecule has 0 saturated carbocycles. The van der Waals surface area contributed by atoms with E-state index in [9.17, 15) is 4.79 Å². The Kier molecular flexibility index (Phi) is 5.66. The summed E-state index contributed by atoms with van der Waals surface area (Å²) in [5.41, 5.74) is 0.607. The van der Waals surface area contributed by atoms with E-state index in [1.165, 1.54) is 0 Å². The third-order valence-corrected chi connectivity index (χ3v) is 3.70. The van der Waals surface area contributed by atoms with Gasteiger partial charge in [-0.05, 0) is 31.0 Å². The van der Waals surface area contributed by atoms with Crippen LogP contribution >= 0.6 is 15.9 Å². The second-order valence-corrected chi connectivity index (χ2v) is 5.15. The number of carbonyl (C=O) groups excluding carboxylic acids is 1. The van der Waals surface area contributed by atoms with E-state index in [4.69, 9.17) is 4.74 Å². The van der Waals surface area contributed by atoms with Crippen molar-refractivity contribution in [3.63, 3.8) is 0 Å². The summed E-state index contributed by atoms with van der Waals surface area (Å²) >= 11 is 3.37. The molecule has 1 aromatic carbocycles. The van der Waals surface area contributed by atoms with Crippen LogP contribution in [0.25, 0.3) is 0 Å². The normalized spacial score (nSPS) is 10.6. The molecule has 0 fully saturated rings. The van der Waals surface area contributed by atoms with Crippen LogP contribution in [0.1, 0.15) is 37.0 Å². The molecule has 0 saturated heterocycles. The molecule has 18 heavy (non-hydrogen) atoms. The van der Waals surface area contributed by atoms with Crippen molar-refractivity contribution in [3.05, 3.63) is 28.2 Å². The fourth-order valence-electron chi connectivity index (χ4n) is 2.03. The Labute approximate surface area is 117 Å². The van der Waals surface area contributed by atoms with Gasteiger partial charge >= 0.3 is 0 Å². The Bertz CT molecular complexity index is 416. The smallest absolute Gasteiger partial charge is 0.257 e. The SMILES string of the molecule is CCC(CC)N(C)C(=O)c1ccc(Br)cc1OC. The fourth-order valence-corrected chi connectivity index (χ4v) is 2.37. The average molecular weight is 314 g/mol. The molecule has 3 nitrogen and oxygen atoms in total. The van der Waals surface area contributed by atoms with Gasteiger partial charge in [0.25, 0.3) is 5.91 Å². The van der Waals surface area contributed by atoms with Crippen molar-refractivity contribution >= 4 is 21.8 Å². The Morgan fingerprint density at radius 2 is 2.00 bits per heavy atom. The van der Waals surface area contributed by atoms with Gasteiger partial charge in [-0.25, -0.2) is 0 Å². The fraction of sp³-hybridized carbons (Fsp3) is 0.500. The zero-order valence-corrected chi connectivity index (χ0v) is 13.0. The number of hydrogen-bond donors (Lipinski definition) is 0. The summed E-state index contributed by atoms with van der Waals surface area (Å²) in [6.07, 6.45) is 1.91. The Hall–Kier alpha value is -1.03. The minimum Gasteiger partial charge on any atom is -0.496 e. The number of nitrogens with zero attached hydrogens (tertiary/aromatic N) is 1. The van der Waals surface area contributed by atoms with Crippen LogP contribution in [0.2, 0.25) is 0 Å². The van der Waals surface area contributed by atoms with Gasteiger partial charge in [-0.1, -0.05) is 29.8 Å². The third kappa shape index (κ3) is 3.25. The number of benzene rings is 1. The number of carbonyl (C=O) groups is 1. The van der Waals surface area contributed by atoms with E-state index >= 15 is 0 Å². The second-order valence-electron chi connectivity index (χ2n) is 4.23. The Morgan fingerprint density at radius 3 is 2.50 bits per heavy atom. The maximum atomic E-state index is 12.4. The van der Waals surface area contributed by atoms with Gasteiger partial charge in [-0.3, -0.25) is 4.79 Å². The van der Waals surface area contributed by atoms with Gasteiger partial charge in [0.2, 0.25) is 0 Å². The molecule has 1 aromatic rings. The molecule has 0 aliphatic rings. The lowest BCUT2D eigenvalue weighted by Crippen LogP contribution is -2.36. The Balaban J connectivity index is 3.03. The highest BCUT2D eigenvalue weighted by atomic mass is 79.9. The molecule has 0 atom stereocenters. The number of rotatable bonds is 5. The molecule has 1 amide bonds. The van der Waals surface area contributed by atoms with Gasteiger partial charge in [0.05, 0.1) is 12.7 Å². The molecule has 0 aromatic heterocycles. The van der Waals surface area contributed by atoms with Gasteiger partial charge in [-0.2, -0.15) is 0 Å². The van der Waals surface area contributed by atoms with E-state index in [0.29, 0.717) is 11.3 Å². The highest BCUT2D eigenvalue weighted by molar-refractivity contribution is 9.10. The van der Waals surface area contributed by atoms with Crippen molar-refractivity contribution < 1.29 is 9.53 Å². The lowest BCUT2D eigenvalue weighted by molar-refractivity contribution is 0.0720. The summed E-state index contributed by atoms with van der Waals surface area (Å²) in [7, 11) is 3.43. The number of hydrogen-bond acceptors (Lipinski definition) is 2. The first-order valence-corrected chi connectivity index (χ1v) is 6.95. The van der Waals surface area contributed by atoms with E-state index in [2.05, 4.69) is 29.8 Å². The third-order valence-electron chi connectivity index (χ3n) is 3.20. The standard InChI is InChI=1S/C14H20BrNO2/c1-5-11(6-2)16(3)14(17)12-8-7-10(15)9-13(12)18-4/h7-9,11H,5-6H2,1-4H3. The molecule has 0 unspecified atom stereocenters. The summed E-state index contributed by atoms with van der Waals surface area (Å²) in [5, 5.41) is 0. The number of halogens is 1. The van der Waals surface area contributed by atoms with Gasteiger partial charge < -0.3 is 9.64 Å². The highest BCUT2D eigenvalue weighted by Gasteiger charge is 2.21. The first kappa shape index (κ1) is 15.0. The van der Waals surface area contributed by atoms with Crippen LogP contribution in [0.4, 0.5) is 0 Å². The maximum absolute atomic E-state index is 12.4. The van der Waals surface area contributed by atoms with E-state index in [1.807, 2.05) is 19.2 Å². The van der Waals surface area contributed by atoms with Crippen LogP contribution in [0, 0.1) is 0 Å². The number of amides is 1. The monoisotopic (exact) mass is 313 g/mol. The molecular weight excluding hydrogens is 294 g/mol. The second kappa shape index (κ2) is 6.78. The van der Waals surface area contributed by atoms with Crippen molar-refractivity contribution in [1.82, 2.24) is 4.90 Å². The molecule has 4 heteroatoms. The van der Waals surface area contributed by atoms with Crippen molar-refractivity contribution in [2.75, 3.05) is 14.2 Å². The summed E-state index contributed by atoms with van der Waals surface area (Å²) in [4.78, 5) is 14.2. The van der Waals surface area contributed by atoms with Crippen molar-refractivity contribution in [3.8, 4) is 5.75 Å². The summed E-state index contributed by atoms with van der Waals surface area (Å²) < 4.78 is 6.17. The van der Waals surface area contributed by atoms with E-state index < -0.39 is 0 Å². The summed E-state index contributed by atoms with van der Waals surface area (Å²) in [5.74, 6) is 0.611. The maximum Gasteiger partial charge on any atom is 0.257 e. The van der Waals surface area contributed by atoms with Crippen LogP contribution in [0.3, 0.4) is 0 Å². The van der Waals surface area contributed by atoms with E-state index in [0.717, 1.165) is 17.3 Å². The van der Waals surface area contributed by atoms with E-state index in [1.54, 1.807) is 18.1 Å². The molecule has 1 rings (SSSR count). The molecule has 0 spiro atoms. The van der Waals surface area contributed by atoms with Crippen molar-refractivity contribution in [1.29, 1.82) is 0 Å². The van der Waals surface area contributed by atoms with Gasteiger partial charge in [0, 0.05) is 17.6 Å². The number of methoxy groups -OCH3 is 1. The largest absolute Gasteiger partial charge is 0.496 e. The molecule has 100 valence electrons. The van der Waals surface area contributed by atoms with Crippen molar-refractivity contribution in [2.45, 2.75) is 32.7 Å². The minimum absolute atomic E-state index is 0.00745. The van der Waals surface area contributed by atoms with E-state index in [-0.39, 0.29) is 11.9 Å². The molecule has 0 aliphatic heterocycles. The quantitative estimate of drug-likeness (QED) is 0.829. The van der Waals surface area contributed by atoms with Gasteiger partial charge in [-0.15, -0.1) is 0 Å². The molecule has 0 aliphatic carbocycles. The molecule has 0 bridgehead atoms. The molecule has 0 N–H and O–H groups in total. The predicted molar refractivity (Wildman–Crippen MR) is 77.2 cm³/mol. The van der Waals surface area contributed by atoms with Gasteiger partial charge in [0.15, 0.2) is 0 Å². The molecule has 0 heterocycles. The topological polar surface area (TPSA) is 29.5 Å². The summed E-state index contributed by atoms with van der Waals surface area (Å²) in [6.45, 7) is 4.19. The van der Waals surface area contributed by atoms with Crippen LogP contribution in [0.5, 0.6) is 5.75 Å². The van der Waals surface area contributed by atoms with Crippen molar-refractivity contribution in [2.24, 2.45) is 0 Å². The van der Waals surface area contributed by atoms with Crippen LogP contribution in [-0.4, -0.2) is 31.0 Å². The first-order valence-electron chi connectivity index (χ1n) is 6.15. The highest BCUT2D eigenvalue weighted by Crippen LogP contribution is 2.25. The van der Waals surface area contributed by atoms with Crippen LogP contribution in [0.15, 0.2) is 22.7 Å². The number of ether oxygens (including phenoxy) is 1. The molecular formula is C14H20BrNO2. The average Bonchev–Trinajstić information content (AvgIpc) is 2.39. The minimum atomic E-state index is 0.00745. The lowest BCUT2D eigenvalue weighted by atomic mass is 10.1. The summed E-state index contributed by atoms with van der Waals surface area (Å²) in [6, 6.07) is 5.74. The molecule has 0 radical (unpaired) electrons. The van der Waals surface area contributed by atoms with Crippen LogP contribution in [-0.2, 0) is 0 Å². The van der Waals surface area contributed by atoms with Gasteiger partial charge in [0.1, 0.15) is 5.75 Å². The zero-order valence-electron chi connectivity index (χ0n) is 11.4. The predicted octanol–water partition coefficient (Wildman–Crippen LogP) is 3.72.